The second-order valence-electron chi connectivity index (χ2n) is 6.95. The minimum Gasteiger partial charge on any atom is -0.388 e. The van der Waals surface area contributed by atoms with E-state index in [4.69, 9.17) is 0 Å². The van der Waals surface area contributed by atoms with Crippen molar-refractivity contribution in [2.45, 2.75) is 83.7 Å². The third kappa shape index (κ3) is 2.68. The van der Waals surface area contributed by atoms with Crippen LogP contribution in [0, 0.1) is 28.6 Å². The van der Waals surface area contributed by atoms with Crippen molar-refractivity contribution >= 4 is 0 Å². The summed E-state index contributed by atoms with van der Waals surface area (Å²) in [6.45, 7) is 4.46. The topological polar surface area (TPSA) is 44.0 Å². The molecular weight excluding hydrogens is 234 g/mol. The molecule has 2 nitrogen and oxygen atoms in total. The Bertz CT molecular complexity index is 338. The molecule has 0 heterocycles. The summed E-state index contributed by atoms with van der Waals surface area (Å²) >= 11 is 0. The van der Waals surface area contributed by atoms with Crippen molar-refractivity contribution in [3.05, 3.63) is 0 Å². The molecule has 108 valence electrons. The van der Waals surface area contributed by atoms with Crippen LogP contribution in [0.2, 0.25) is 0 Å². The van der Waals surface area contributed by atoms with Crippen LogP contribution in [0.4, 0.5) is 0 Å². The molecule has 2 aliphatic carbocycles. The lowest BCUT2D eigenvalue weighted by Crippen LogP contribution is -2.52. The van der Waals surface area contributed by atoms with Gasteiger partial charge in [0.15, 0.2) is 0 Å². The molecule has 0 saturated heterocycles. The zero-order valence-corrected chi connectivity index (χ0v) is 12.6. The van der Waals surface area contributed by atoms with Crippen LogP contribution in [0.3, 0.4) is 0 Å². The lowest BCUT2D eigenvalue weighted by molar-refractivity contribution is -0.112. The highest BCUT2D eigenvalue weighted by atomic mass is 16.3. The molecule has 0 aliphatic heterocycles. The van der Waals surface area contributed by atoms with Gasteiger partial charge in [-0.15, -0.1) is 0 Å². The van der Waals surface area contributed by atoms with E-state index in [0.717, 1.165) is 57.3 Å². The van der Waals surface area contributed by atoms with Gasteiger partial charge in [-0.3, -0.25) is 0 Å². The molecular formula is C17H29NO. The van der Waals surface area contributed by atoms with Gasteiger partial charge in [-0.05, 0) is 50.4 Å². The van der Waals surface area contributed by atoms with E-state index in [1.165, 1.54) is 12.8 Å². The average molecular weight is 263 g/mol. The molecule has 2 aliphatic rings. The summed E-state index contributed by atoms with van der Waals surface area (Å²) in [5.41, 5.74) is -1.16. The Kier molecular flexibility index (Phi) is 4.56. The molecule has 0 radical (unpaired) electrons. The van der Waals surface area contributed by atoms with Gasteiger partial charge in [0.05, 0.1) is 17.1 Å². The van der Waals surface area contributed by atoms with Crippen molar-refractivity contribution in [1.82, 2.24) is 0 Å². The molecule has 2 unspecified atom stereocenters. The van der Waals surface area contributed by atoms with Gasteiger partial charge < -0.3 is 5.11 Å². The summed E-state index contributed by atoms with van der Waals surface area (Å²) in [6, 6.07) is 2.57. The Morgan fingerprint density at radius 2 is 1.68 bits per heavy atom. The Balaban J connectivity index is 2.14. The Morgan fingerprint density at radius 3 is 2.21 bits per heavy atom. The first kappa shape index (κ1) is 14.9. The van der Waals surface area contributed by atoms with Crippen molar-refractivity contribution in [2.24, 2.45) is 17.3 Å². The van der Waals surface area contributed by atoms with Gasteiger partial charge in [-0.25, -0.2) is 0 Å². The number of nitriles is 1. The normalized spacial score (nSPS) is 43.7. The van der Waals surface area contributed by atoms with Crippen molar-refractivity contribution in [3.8, 4) is 6.07 Å². The van der Waals surface area contributed by atoms with E-state index in [1.807, 2.05) is 0 Å². The molecule has 0 amide bonds. The summed E-state index contributed by atoms with van der Waals surface area (Å²) in [5.74, 6) is 1.41. The molecule has 0 spiro atoms. The molecule has 0 aromatic rings. The molecule has 2 atom stereocenters. The second kappa shape index (κ2) is 5.83. The first-order chi connectivity index (χ1) is 9.09. The van der Waals surface area contributed by atoms with Crippen molar-refractivity contribution < 1.29 is 5.11 Å². The van der Waals surface area contributed by atoms with E-state index in [1.54, 1.807) is 0 Å². The SMILES string of the molecule is CCC1CCC(O)(C2(C#N)CCCC(CC)C2)CC1. The number of rotatable bonds is 3. The maximum absolute atomic E-state index is 11.2. The first-order valence-corrected chi connectivity index (χ1v) is 8.23. The van der Waals surface area contributed by atoms with Gasteiger partial charge in [0, 0.05) is 0 Å². The van der Waals surface area contributed by atoms with E-state index in [0.29, 0.717) is 5.92 Å². The molecule has 2 saturated carbocycles. The fraction of sp³-hybridized carbons (Fsp3) is 0.941. The van der Waals surface area contributed by atoms with Crippen molar-refractivity contribution in [2.75, 3.05) is 0 Å². The molecule has 1 N–H and O–H groups in total. The number of hydrogen-bond donors (Lipinski definition) is 1. The van der Waals surface area contributed by atoms with Gasteiger partial charge in [-0.1, -0.05) is 39.5 Å². The van der Waals surface area contributed by atoms with Gasteiger partial charge in [0.1, 0.15) is 0 Å². The van der Waals surface area contributed by atoms with E-state index >= 15 is 0 Å². The standard InChI is InChI=1S/C17H29NO/c1-3-14-7-10-17(19,11-8-14)16(13-18)9-5-6-15(4-2)12-16/h14-15,19H,3-12H2,1-2H3. The molecule has 2 heteroatoms. The zero-order chi connectivity index (χ0) is 13.9. The fourth-order valence-electron chi connectivity index (χ4n) is 4.41. The lowest BCUT2D eigenvalue weighted by atomic mass is 9.56. The molecule has 2 fully saturated rings. The van der Waals surface area contributed by atoms with E-state index in [-0.39, 0.29) is 0 Å². The quantitative estimate of drug-likeness (QED) is 0.818. The Labute approximate surface area is 118 Å². The number of nitrogens with zero attached hydrogens (tertiary/aromatic N) is 1. The predicted molar refractivity (Wildman–Crippen MR) is 77.5 cm³/mol. The predicted octanol–water partition coefficient (Wildman–Crippen LogP) is 4.43. The third-order valence-corrected chi connectivity index (χ3v) is 6.04. The van der Waals surface area contributed by atoms with Gasteiger partial charge in [0.25, 0.3) is 0 Å². The fourth-order valence-corrected chi connectivity index (χ4v) is 4.41. The first-order valence-electron chi connectivity index (χ1n) is 8.23. The minimum atomic E-state index is -0.707. The van der Waals surface area contributed by atoms with E-state index < -0.39 is 11.0 Å². The van der Waals surface area contributed by atoms with Crippen LogP contribution in [-0.2, 0) is 0 Å². The van der Waals surface area contributed by atoms with Crippen LogP contribution in [0.1, 0.15) is 78.1 Å². The Morgan fingerprint density at radius 1 is 1.05 bits per heavy atom. The van der Waals surface area contributed by atoms with Crippen LogP contribution in [-0.4, -0.2) is 10.7 Å². The highest BCUT2D eigenvalue weighted by molar-refractivity contribution is 5.14. The third-order valence-electron chi connectivity index (χ3n) is 6.04. The monoisotopic (exact) mass is 263 g/mol. The maximum Gasteiger partial charge on any atom is 0.0862 e. The van der Waals surface area contributed by atoms with Crippen LogP contribution < -0.4 is 0 Å². The minimum absolute atomic E-state index is 0.454. The summed E-state index contributed by atoms with van der Waals surface area (Å²) in [5, 5.41) is 20.9. The summed E-state index contributed by atoms with van der Waals surface area (Å²) in [4.78, 5) is 0. The molecule has 0 aromatic carbocycles. The van der Waals surface area contributed by atoms with Crippen LogP contribution in [0.5, 0.6) is 0 Å². The number of aliphatic hydroxyl groups is 1. The largest absolute Gasteiger partial charge is 0.388 e. The molecule has 19 heavy (non-hydrogen) atoms. The van der Waals surface area contributed by atoms with Gasteiger partial charge in [-0.2, -0.15) is 5.26 Å². The van der Waals surface area contributed by atoms with Crippen LogP contribution in [0.25, 0.3) is 0 Å². The average Bonchev–Trinajstić information content (AvgIpc) is 2.48. The van der Waals surface area contributed by atoms with Crippen LogP contribution >= 0.6 is 0 Å². The van der Waals surface area contributed by atoms with Crippen molar-refractivity contribution in [1.29, 1.82) is 5.26 Å². The summed E-state index contributed by atoms with van der Waals surface area (Å²) in [6.07, 6.45) is 10.5. The van der Waals surface area contributed by atoms with E-state index in [9.17, 15) is 10.4 Å². The van der Waals surface area contributed by atoms with Gasteiger partial charge in [0.2, 0.25) is 0 Å². The van der Waals surface area contributed by atoms with E-state index in [2.05, 4.69) is 19.9 Å². The molecule has 0 bridgehead atoms. The smallest absolute Gasteiger partial charge is 0.0862 e. The number of hydrogen-bond acceptors (Lipinski definition) is 2. The molecule has 0 aromatic heterocycles. The highest BCUT2D eigenvalue weighted by Crippen LogP contribution is 2.53. The second-order valence-corrected chi connectivity index (χ2v) is 6.95. The van der Waals surface area contributed by atoms with Gasteiger partial charge >= 0.3 is 0 Å². The van der Waals surface area contributed by atoms with Crippen molar-refractivity contribution in [3.63, 3.8) is 0 Å². The lowest BCUT2D eigenvalue weighted by Gasteiger charge is -2.50. The zero-order valence-electron chi connectivity index (χ0n) is 12.6. The maximum atomic E-state index is 11.2. The Hall–Kier alpha value is -0.550. The summed E-state index contributed by atoms with van der Waals surface area (Å²) < 4.78 is 0. The molecule has 2 rings (SSSR count). The highest BCUT2D eigenvalue weighted by Gasteiger charge is 2.53. The summed E-state index contributed by atoms with van der Waals surface area (Å²) in [7, 11) is 0. The van der Waals surface area contributed by atoms with Crippen LogP contribution in [0.15, 0.2) is 0 Å².